The Morgan fingerprint density at radius 1 is 1.16 bits per heavy atom. The highest BCUT2D eigenvalue weighted by molar-refractivity contribution is 5.87. The summed E-state index contributed by atoms with van der Waals surface area (Å²) in [5.74, 6) is -0.312. The van der Waals surface area contributed by atoms with Crippen LogP contribution >= 0.6 is 0 Å². The molecule has 3 atom stereocenters. The Hall–Kier alpha value is -2.70. The predicted molar refractivity (Wildman–Crippen MR) is 95.0 cm³/mol. The number of rotatable bonds is 7. The van der Waals surface area contributed by atoms with Crippen LogP contribution in [0, 0.1) is 5.92 Å². The summed E-state index contributed by atoms with van der Waals surface area (Å²) in [6.45, 7) is 7.30. The van der Waals surface area contributed by atoms with E-state index in [2.05, 4.69) is 20.7 Å². The number of benzene rings is 1. The van der Waals surface area contributed by atoms with E-state index in [1.165, 1.54) is 13.3 Å². The first-order valence-electron chi connectivity index (χ1n) is 8.44. The molecule has 0 aliphatic carbocycles. The largest absolute Gasteiger partial charge is 0.348 e. The fourth-order valence-corrected chi connectivity index (χ4v) is 2.56. The molecule has 2 aromatic rings. The molecule has 1 aromatic carbocycles. The Labute approximate surface area is 147 Å². The lowest BCUT2D eigenvalue weighted by atomic mass is 9.97. The molecule has 134 valence electrons. The van der Waals surface area contributed by atoms with Crippen LogP contribution in [0.5, 0.6) is 0 Å². The van der Waals surface area contributed by atoms with Crippen molar-refractivity contribution in [1.29, 1.82) is 0 Å². The van der Waals surface area contributed by atoms with Gasteiger partial charge in [0.25, 0.3) is 0 Å². The van der Waals surface area contributed by atoms with Crippen molar-refractivity contribution < 1.29 is 9.59 Å². The number of hydrogen-bond acceptors (Lipinski definition) is 4. The number of hydrogen-bond donors (Lipinski definition) is 2. The van der Waals surface area contributed by atoms with Gasteiger partial charge in [-0.05, 0) is 30.5 Å². The number of nitrogens with zero attached hydrogens (tertiary/aromatic N) is 3. The van der Waals surface area contributed by atoms with Crippen molar-refractivity contribution in [3.63, 3.8) is 0 Å². The van der Waals surface area contributed by atoms with Crippen molar-refractivity contribution in [2.45, 2.75) is 46.2 Å². The second kappa shape index (κ2) is 8.41. The number of aromatic nitrogens is 3. The second-order valence-electron chi connectivity index (χ2n) is 6.23. The lowest BCUT2D eigenvalue weighted by Crippen LogP contribution is -2.50. The molecule has 2 N–H and O–H groups in total. The van der Waals surface area contributed by atoms with E-state index in [1.807, 2.05) is 45.0 Å². The first kappa shape index (κ1) is 18.6. The van der Waals surface area contributed by atoms with Crippen molar-refractivity contribution in [2.24, 2.45) is 5.92 Å². The molecule has 0 bridgehead atoms. The molecular weight excluding hydrogens is 318 g/mol. The molecule has 2 rings (SSSR count). The minimum absolute atomic E-state index is 0.0609. The Balaban J connectivity index is 2.05. The fraction of sp³-hybridized carbons (Fsp3) is 0.444. The third kappa shape index (κ3) is 4.89. The van der Waals surface area contributed by atoms with Crippen LogP contribution in [0.15, 0.2) is 36.9 Å². The topological polar surface area (TPSA) is 88.9 Å². The third-order valence-corrected chi connectivity index (χ3v) is 4.29. The molecule has 0 unspecified atom stereocenters. The van der Waals surface area contributed by atoms with Crippen LogP contribution in [0.25, 0.3) is 5.69 Å². The number of carbonyl (C=O) groups is 2. The van der Waals surface area contributed by atoms with Crippen molar-refractivity contribution in [3.05, 3.63) is 42.5 Å². The molecule has 1 aromatic heterocycles. The van der Waals surface area contributed by atoms with Gasteiger partial charge in [0.1, 0.15) is 18.7 Å². The van der Waals surface area contributed by atoms with Crippen LogP contribution in [0.4, 0.5) is 0 Å². The van der Waals surface area contributed by atoms with Gasteiger partial charge in [0.2, 0.25) is 11.8 Å². The van der Waals surface area contributed by atoms with Gasteiger partial charge in [-0.3, -0.25) is 9.59 Å². The van der Waals surface area contributed by atoms with Crippen LogP contribution in [0.1, 0.15) is 45.7 Å². The smallest absolute Gasteiger partial charge is 0.243 e. The predicted octanol–water partition coefficient (Wildman–Crippen LogP) is 2.00. The maximum Gasteiger partial charge on any atom is 0.243 e. The summed E-state index contributed by atoms with van der Waals surface area (Å²) in [6, 6.07) is 7.04. The third-order valence-electron chi connectivity index (χ3n) is 4.29. The lowest BCUT2D eigenvalue weighted by molar-refractivity contribution is -0.129. The van der Waals surface area contributed by atoms with Gasteiger partial charge >= 0.3 is 0 Å². The van der Waals surface area contributed by atoms with Crippen molar-refractivity contribution in [3.8, 4) is 5.69 Å². The van der Waals surface area contributed by atoms with Gasteiger partial charge in [0.15, 0.2) is 0 Å². The van der Waals surface area contributed by atoms with Crippen LogP contribution in [0.3, 0.4) is 0 Å². The van der Waals surface area contributed by atoms with Crippen LogP contribution < -0.4 is 10.6 Å². The van der Waals surface area contributed by atoms with E-state index < -0.39 is 6.04 Å². The highest BCUT2D eigenvalue weighted by Crippen LogP contribution is 2.16. The SMILES string of the molecule is CC[C@H](C)[C@H](NC(C)=O)C(=O)N[C@H](C)c1ccc(-n2cncn2)cc1. The summed E-state index contributed by atoms with van der Waals surface area (Å²) in [6.07, 6.45) is 3.91. The molecule has 7 heteroatoms. The molecule has 0 spiro atoms. The number of amides is 2. The minimum atomic E-state index is -0.528. The van der Waals surface area contributed by atoms with E-state index in [9.17, 15) is 9.59 Å². The van der Waals surface area contributed by atoms with E-state index in [0.717, 1.165) is 17.7 Å². The molecule has 0 aliphatic rings. The van der Waals surface area contributed by atoms with Crippen molar-refractivity contribution in [1.82, 2.24) is 25.4 Å². The van der Waals surface area contributed by atoms with Gasteiger partial charge in [0, 0.05) is 6.92 Å². The maximum absolute atomic E-state index is 12.6. The number of carbonyl (C=O) groups excluding carboxylic acids is 2. The van der Waals surface area contributed by atoms with E-state index in [0.29, 0.717) is 0 Å². The molecule has 1 heterocycles. The van der Waals surface area contributed by atoms with Crippen molar-refractivity contribution in [2.75, 3.05) is 0 Å². The first-order valence-corrected chi connectivity index (χ1v) is 8.44. The second-order valence-corrected chi connectivity index (χ2v) is 6.23. The quantitative estimate of drug-likeness (QED) is 0.805. The minimum Gasteiger partial charge on any atom is -0.348 e. The van der Waals surface area contributed by atoms with E-state index in [4.69, 9.17) is 0 Å². The van der Waals surface area contributed by atoms with Crippen LogP contribution in [0.2, 0.25) is 0 Å². The summed E-state index contributed by atoms with van der Waals surface area (Å²) < 4.78 is 1.67. The van der Waals surface area contributed by atoms with Gasteiger partial charge in [-0.25, -0.2) is 9.67 Å². The van der Waals surface area contributed by atoms with E-state index in [1.54, 1.807) is 11.0 Å². The molecule has 2 amide bonds. The fourth-order valence-electron chi connectivity index (χ4n) is 2.56. The summed E-state index contributed by atoms with van der Waals surface area (Å²) in [4.78, 5) is 27.9. The van der Waals surface area contributed by atoms with Crippen LogP contribution in [-0.4, -0.2) is 32.6 Å². The summed E-state index contributed by atoms with van der Waals surface area (Å²) in [5.41, 5.74) is 1.87. The summed E-state index contributed by atoms with van der Waals surface area (Å²) >= 11 is 0. The van der Waals surface area contributed by atoms with Crippen LogP contribution in [-0.2, 0) is 9.59 Å². The number of nitrogens with one attached hydrogen (secondary N) is 2. The first-order chi connectivity index (χ1) is 11.9. The zero-order valence-electron chi connectivity index (χ0n) is 15.1. The van der Waals surface area contributed by atoms with E-state index in [-0.39, 0.29) is 23.8 Å². The summed E-state index contributed by atoms with van der Waals surface area (Å²) in [7, 11) is 0. The average molecular weight is 343 g/mol. The average Bonchev–Trinajstić information content (AvgIpc) is 3.13. The normalized spacial score (nSPS) is 14.4. The van der Waals surface area contributed by atoms with Gasteiger partial charge in [0.05, 0.1) is 11.7 Å². The van der Waals surface area contributed by atoms with Crippen molar-refractivity contribution >= 4 is 11.8 Å². The lowest BCUT2D eigenvalue weighted by Gasteiger charge is -2.25. The van der Waals surface area contributed by atoms with Gasteiger partial charge in [-0.1, -0.05) is 32.4 Å². The maximum atomic E-state index is 12.6. The zero-order chi connectivity index (χ0) is 18.4. The Bertz CT molecular complexity index is 697. The zero-order valence-corrected chi connectivity index (χ0v) is 15.1. The molecule has 7 nitrogen and oxygen atoms in total. The van der Waals surface area contributed by atoms with E-state index >= 15 is 0 Å². The molecule has 0 aliphatic heterocycles. The monoisotopic (exact) mass is 343 g/mol. The molecular formula is C18H25N5O2. The van der Waals surface area contributed by atoms with Gasteiger partial charge < -0.3 is 10.6 Å². The highest BCUT2D eigenvalue weighted by Gasteiger charge is 2.26. The Morgan fingerprint density at radius 2 is 1.84 bits per heavy atom. The standard InChI is InChI=1S/C18H25N5O2/c1-5-12(2)17(22-14(4)24)18(25)21-13(3)15-6-8-16(9-7-15)23-11-19-10-20-23/h6-13,17H,5H2,1-4H3,(H,21,25)(H,22,24)/t12-,13+,17-/m0/s1. The summed E-state index contributed by atoms with van der Waals surface area (Å²) in [5, 5.41) is 9.81. The highest BCUT2D eigenvalue weighted by atomic mass is 16.2. The van der Waals surface area contributed by atoms with Gasteiger partial charge in [-0.2, -0.15) is 5.10 Å². The molecule has 0 radical (unpaired) electrons. The molecule has 0 saturated carbocycles. The molecule has 25 heavy (non-hydrogen) atoms. The molecule has 0 fully saturated rings. The van der Waals surface area contributed by atoms with Gasteiger partial charge in [-0.15, -0.1) is 0 Å². The molecule has 0 saturated heterocycles. The Morgan fingerprint density at radius 3 is 2.36 bits per heavy atom. The Kier molecular flexibility index (Phi) is 6.27.